The van der Waals surface area contributed by atoms with Crippen LogP contribution < -0.4 is 4.74 Å². The number of rotatable bonds is 4. The summed E-state index contributed by atoms with van der Waals surface area (Å²) >= 11 is 11.1. The molecule has 4 nitrogen and oxygen atoms in total. The van der Waals surface area contributed by atoms with Crippen molar-refractivity contribution in [2.75, 3.05) is 0 Å². The normalized spacial score (nSPS) is 13.9. The highest BCUT2D eigenvalue weighted by Gasteiger charge is 2.26. The van der Waals surface area contributed by atoms with Crippen molar-refractivity contribution in [3.63, 3.8) is 0 Å². The second kappa shape index (κ2) is 7.48. The van der Waals surface area contributed by atoms with Crippen LogP contribution in [0, 0.1) is 0 Å². The van der Waals surface area contributed by atoms with Gasteiger partial charge in [0.15, 0.2) is 0 Å². The SMILES string of the molecule is CC(C)Oc1cc2nc(Cl)c(/C=N/[S@+]([O-])C(C)(C)C)cc2cc1Cl. The van der Waals surface area contributed by atoms with Crippen molar-refractivity contribution in [3.05, 3.63) is 33.9 Å². The van der Waals surface area contributed by atoms with Gasteiger partial charge in [-0.05, 0) is 46.8 Å². The number of pyridine rings is 1. The molecule has 0 N–H and O–H groups in total. The van der Waals surface area contributed by atoms with E-state index in [2.05, 4.69) is 9.38 Å². The molecule has 2 aromatic rings. The van der Waals surface area contributed by atoms with Gasteiger partial charge in [0.1, 0.15) is 27.0 Å². The molecule has 7 heteroatoms. The summed E-state index contributed by atoms with van der Waals surface area (Å²) in [5, 5.41) is 1.60. The minimum Gasteiger partial charge on any atom is -0.591 e. The van der Waals surface area contributed by atoms with Gasteiger partial charge in [0.2, 0.25) is 0 Å². The molecule has 1 atom stereocenters. The molecule has 0 unspecified atom stereocenters. The van der Waals surface area contributed by atoms with Crippen LogP contribution in [-0.2, 0) is 11.4 Å². The number of benzene rings is 1. The number of fused-ring (bicyclic) bond motifs is 1. The van der Waals surface area contributed by atoms with Crippen molar-refractivity contribution in [1.29, 1.82) is 0 Å². The Bertz CT molecular complexity index is 773. The fraction of sp³-hybridized carbons (Fsp3) is 0.412. The largest absolute Gasteiger partial charge is 0.591 e. The van der Waals surface area contributed by atoms with Crippen molar-refractivity contribution in [1.82, 2.24) is 4.98 Å². The highest BCUT2D eigenvalue weighted by Crippen LogP contribution is 2.31. The summed E-state index contributed by atoms with van der Waals surface area (Å²) in [6.45, 7) is 9.43. The Hall–Kier alpha value is -1.01. The van der Waals surface area contributed by atoms with E-state index in [4.69, 9.17) is 27.9 Å². The first-order chi connectivity index (χ1) is 11.1. The summed E-state index contributed by atoms with van der Waals surface area (Å²) < 4.78 is 21.3. The van der Waals surface area contributed by atoms with Gasteiger partial charge in [0.25, 0.3) is 0 Å². The second-order valence-electron chi connectivity index (χ2n) is 6.61. The van der Waals surface area contributed by atoms with Crippen LogP contribution in [-0.4, -0.2) is 26.6 Å². The quantitative estimate of drug-likeness (QED) is 0.411. The third kappa shape index (κ3) is 4.76. The molecule has 0 aliphatic heterocycles. The average molecular weight is 387 g/mol. The molecule has 0 fully saturated rings. The minimum absolute atomic E-state index is 0.00852. The third-order valence-electron chi connectivity index (χ3n) is 3.02. The zero-order valence-corrected chi connectivity index (χ0v) is 16.6. The smallest absolute Gasteiger partial charge is 0.144 e. The lowest BCUT2D eigenvalue weighted by molar-refractivity contribution is 0.243. The van der Waals surface area contributed by atoms with E-state index in [1.54, 1.807) is 12.1 Å². The van der Waals surface area contributed by atoms with Gasteiger partial charge in [-0.3, -0.25) is 0 Å². The van der Waals surface area contributed by atoms with Gasteiger partial charge in [-0.15, -0.1) is 0 Å². The number of ether oxygens (including phenoxy) is 1. The summed E-state index contributed by atoms with van der Waals surface area (Å²) in [7, 11) is 0. The van der Waals surface area contributed by atoms with Crippen LogP contribution in [0.15, 0.2) is 22.6 Å². The number of hydrogen-bond acceptors (Lipinski definition) is 4. The molecular weight excluding hydrogens is 367 g/mol. The molecule has 130 valence electrons. The van der Waals surface area contributed by atoms with Gasteiger partial charge < -0.3 is 9.29 Å². The number of halogens is 2. The minimum atomic E-state index is -1.36. The van der Waals surface area contributed by atoms with E-state index in [-0.39, 0.29) is 11.3 Å². The van der Waals surface area contributed by atoms with Crippen LogP contribution in [0.2, 0.25) is 10.2 Å². The molecule has 0 saturated heterocycles. The lowest BCUT2D eigenvalue weighted by atomic mass is 10.1. The van der Waals surface area contributed by atoms with Crippen LogP contribution in [0.5, 0.6) is 5.75 Å². The van der Waals surface area contributed by atoms with Crippen LogP contribution in [0.25, 0.3) is 10.9 Å². The highest BCUT2D eigenvalue weighted by molar-refractivity contribution is 7.91. The van der Waals surface area contributed by atoms with Gasteiger partial charge in [-0.1, -0.05) is 27.6 Å². The zero-order valence-electron chi connectivity index (χ0n) is 14.3. The van der Waals surface area contributed by atoms with E-state index >= 15 is 0 Å². The Kier molecular flexibility index (Phi) is 6.02. The summed E-state index contributed by atoms with van der Waals surface area (Å²) in [4.78, 5) is 4.36. The Morgan fingerprint density at radius 2 is 1.92 bits per heavy atom. The first-order valence-corrected chi connectivity index (χ1v) is 9.36. The van der Waals surface area contributed by atoms with E-state index in [9.17, 15) is 4.55 Å². The summed E-state index contributed by atoms with van der Waals surface area (Å²) in [5.41, 5.74) is 1.27. The summed E-state index contributed by atoms with van der Waals surface area (Å²) in [6, 6.07) is 5.35. The first kappa shape index (κ1) is 19.3. The molecule has 1 heterocycles. The lowest BCUT2D eigenvalue weighted by Crippen LogP contribution is -2.25. The molecule has 0 saturated carbocycles. The van der Waals surface area contributed by atoms with Crippen LogP contribution in [0.4, 0.5) is 0 Å². The Balaban J connectivity index is 2.41. The van der Waals surface area contributed by atoms with Crippen molar-refractivity contribution >= 4 is 51.7 Å². The monoisotopic (exact) mass is 386 g/mol. The van der Waals surface area contributed by atoms with Crippen molar-refractivity contribution < 1.29 is 9.29 Å². The Labute approximate surface area is 155 Å². The molecule has 1 aromatic carbocycles. The van der Waals surface area contributed by atoms with E-state index in [0.717, 1.165) is 5.39 Å². The van der Waals surface area contributed by atoms with Crippen LogP contribution in [0.1, 0.15) is 40.2 Å². The van der Waals surface area contributed by atoms with Crippen molar-refractivity contribution in [3.8, 4) is 5.75 Å². The summed E-state index contributed by atoms with van der Waals surface area (Å²) in [5.74, 6) is 0.568. The fourth-order valence-corrected chi connectivity index (χ4v) is 2.80. The molecule has 0 amide bonds. The van der Waals surface area contributed by atoms with E-state index in [1.807, 2.05) is 40.7 Å². The van der Waals surface area contributed by atoms with Gasteiger partial charge in [0.05, 0.1) is 22.9 Å². The lowest BCUT2D eigenvalue weighted by Gasteiger charge is -2.17. The molecule has 24 heavy (non-hydrogen) atoms. The Morgan fingerprint density at radius 1 is 1.25 bits per heavy atom. The van der Waals surface area contributed by atoms with Crippen molar-refractivity contribution in [2.24, 2.45) is 4.40 Å². The van der Waals surface area contributed by atoms with E-state index in [0.29, 0.717) is 21.9 Å². The van der Waals surface area contributed by atoms with E-state index < -0.39 is 16.1 Å². The topological polar surface area (TPSA) is 57.5 Å². The molecule has 0 bridgehead atoms. The van der Waals surface area contributed by atoms with E-state index in [1.165, 1.54) is 6.21 Å². The van der Waals surface area contributed by atoms with Gasteiger partial charge >= 0.3 is 0 Å². The third-order valence-corrected chi connectivity index (χ3v) is 4.97. The molecule has 1 aromatic heterocycles. The molecule has 0 radical (unpaired) electrons. The molecular formula is C17H20Cl2N2O2S. The maximum atomic E-state index is 12.0. The first-order valence-electron chi connectivity index (χ1n) is 7.50. The molecule has 2 rings (SSSR count). The standard InChI is InChI=1S/C17H20Cl2N2O2S/c1-10(2)23-15-8-14-11(7-13(15)18)6-12(16(19)21-14)9-20-24(22)17(3,4)5/h6-10H,1-5H3/b20-9+/t24-/m1/s1. The number of nitrogens with zero attached hydrogens (tertiary/aromatic N) is 2. The number of hydrogen-bond donors (Lipinski definition) is 0. The Morgan fingerprint density at radius 3 is 2.50 bits per heavy atom. The van der Waals surface area contributed by atoms with Crippen molar-refractivity contribution in [2.45, 2.75) is 45.5 Å². The summed E-state index contributed by atoms with van der Waals surface area (Å²) in [6.07, 6.45) is 1.50. The molecule has 0 spiro atoms. The molecule has 0 aliphatic rings. The second-order valence-corrected chi connectivity index (χ2v) is 9.31. The van der Waals surface area contributed by atoms with Gasteiger partial charge in [-0.25, -0.2) is 4.98 Å². The predicted molar refractivity (Wildman–Crippen MR) is 103 cm³/mol. The predicted octanol–water partition coefficient (Wildman–Crippen LogP) is 5.21. The maximum Gasteiger partial charge on any atom is 0.144 e. The fourth-order valence-electron chi connectivity index (χ4n) is 1.87. The number of aromatic nitrogens is 1. The van der Waals surface area contributed by atoms with Crippen LogP contribution >= 0.6 is 23.2 Å². The van der Waals surface area contributed by atoms with Gasteiger partial charge in [-0.2, -0.15) is 0 Å². The van der Waals surface area contributed by atoms with Gasteiger partial charge in [0, 0.05) is 17.0 Å². The average Bonchev–Trinajstić information content (AvgIpc) is 2.44. The molecule has 0 aliphatic carbocycles. The van der Waals surface area contributed by atoms with Crippen LogP contribution in [0.3, 0.4) is 0 Å². The highest BCUT2D eigenvalue weighted by atomic mass is 35.5. The zero-order chi connectivity index (χ0) is 18.1. The maximum absolute atomic E-state index is 12.0.